The summed E-state index contributed by atoms with van der Waals surface area (Å²) in [5.41, 5.74) is 3.41. The molecule has 2 aromatic carbocycles. The molecule has 0 N–H and O–H groups in total. The summed E-state index contributed by atoms with van der Waals surface area (Å²) in [7, 11) is 0. The molecule has 4 aromatic heterocycles. The lowest BCUT2D eigenvalue weighted by Gasteiger charge is -2.00. The third kappa shape index (κ3) is 3.89. The SMILES string of the molecule is O=c1/c(=C/c2cn(-c3ccccc3)nc2-c2ccccc2)sc2nc(/C=C/c3cccs3)nn12. The fourth-order valence-corrected chi connectivity index (χ4v) is 5.15. The van der Waals surface area contributed by atoms with Crippen LogP contribution in [0, 0.1) is 0 Å². The number of nitrogens with zero attached hydrogens (tertiary/aromatic N) is 5. The van der Waals surface area contributed by atoms with Crippen molar-refractivity contribution >= 4 is 45.9 Å². The highest BCUT2D eigenvalue weighted by atomic mass is 32.1. The van der Waals surface area contributed by atoms with Crippen LogP contribution in [0.4, 0.5) is 0 Å². The number of hydrogen-bond donors (Lipinski definition) is 0. The highest BCUT2D eigenvalue weighted by molar-refractivity contribution is 7.15. The van der Waals surface area contributed by atoms with Crippen LogP contribution in [0.2, 0.25) is 0 Å². The van der Waals surface area contributed by atoms with Gasteiger partial charge < -0.3 is 0 Å². The Kier molecular flexibility index (Phi) is 5.21. The minimum absolute atomic E-state index is 0.185. The lowest BCUT2D eigenvalue weighted by molar-refractivity contribution is 0.884. The first-order valence-corrected chi connectivity index (χ1v) is 12.3. The Morgan fingerprint density at radius 1 is 0.853 bits per heavy atom. The molecular weight excluding hydrogens is 462 g/mol. The molecule has 0 amide bonds. The predicted molar refractivity (Wildman–Crippen MR) is 138 cm³/mol. The van der Waals surface area contributed by atoms with Crippen molar-refractivity contribution < 1.29 is 0 Å². The summed E-state index contributed by atoms with van der Waals surface area (Å²) in [5, 5.41) is 11.2. The summed E-state index contributed by atoms with van der Waals surface area (Å²) in [5.74, 6) is 0.519. The maximum atomic E-state index is 13.1. The molecule has 0 spiro atoms. The highest BCUT2D eigenvalue weighted by Gasteiger charge is 2.13. The summed E-state index contributed by atoms with van der Waals surface area (Å²) >= 11 is 2.96. The van der Waals surface area contributed by atoms with E-state index < -0.39 is 0 Å². The molecule has 0 aliphatic rings. The van der Waals surface area contributed by atoms with Gasteiger partial charge in [-0.3, -0.25) is 4.79 Å². The van der Waals surface area contributed by atoms with Crippen molar-refractivity contribution in [3.05, 3.63) is 116 Å². The van der Waals surface area contributed by atoms with E-state index >= 15 is 0 Å². The molecular formula is C26H17N5OS2. The molecule has 0 saturated heterocycles. The van der Waals surface area contributed by atoms with Gasteiger partial charge in [-0.1, -0.05) is 65.9 Å². The molecule has 0 fully saturated rings. The van der Waals surface area contributed by atoms with Gasteiger partial charge in [0.15, 0.2) is 5.82 Å². The van der Waals surface area contributed by atoms with Crippen molar-refractivity contribution in [3.8, 4) is 16.9 Å². The Hall–Kier alpha value is -4.14. The first-order chi connectivity index (χ1) is 16.7. The van der Waals surface area contributed by atoms with Gasteiger partial charge in [0, 0.05) is 22.2 Å². The van der Waals surface area contributed by atoms with Crippen molar-refractivity contribution in [2.24, 2.45) is 0 Å². The summed E-state index contributed by atoms with van der Waals surface area (Å²) in [4.78, 5) is 19.3. The van der Waals surface area contributed by atoms with Crippen LogP contribution < -0.4 is 10.1 Å². The van der Waals surface area contributed by atoms with Crippen molar-refractivity contribution in [2.45, 2.75) is 0 Å². The number of benzene rings is 2. The first kappa shape index (κ1) is 20.5. The van der Waals surface area contributed by atoms with Gasteiger partial charge in [-0.05, 0) is 41.8 Å². The van der Waals surface area contributed by atoms with Gasteiger partial charge >= 0.3 is 0 Å². The number of thiazole rings is 1. The lowest BCUT2D eigenvalue weighted by atomic mass is 10.1. The second-order valence-electron chi connectivity index (χ2n) is 7.51. The van der Waals surface area contributed by atoms with Crippen LogP contribution in [-0.4, -0.2) is 24.4 Å². The third-order valence-corrected chi connectivity index (χ3v) is 7.03. The van der Waals surface area contributed by atoms with Crippen LogP contribution in [0.25, 0.3) is 40.1 Å². The predicted octanol–water partition coefficient (Wildman–Crippen LogP) is 4.78. The minimum Gasteiger partial charge on any atom is -0.266 e. The van der Waals surface area contributed by atoms with E-state index in [1.807, 2.05) is 107 Å². The zero-order valence-electron chi connectivity index (χ0n) is 17.8. The molecule has 0 unspecified atom stereocenters. The quantitative estimate of drug-likeness (QED) is 0.357. The smallest absolute Gasteiger partial charge is 0.266 e. The molecule has 0 bridgehead atoms. The van der Waals surface area contributed by atoms with Gasteiger partial charge in [0.2, 0.25) is 4.96 Å². The van der Waals surface area contributed by atoms with Crippen LogP contribution in [0.3, 0.4) is 0 Å². The molecule has 4 heterocycles. The minimum atomic E-state index is -0.185. The van der Waals surface area contributed by atoms with Crippen LogP contribution in [0.5, 0.6) is 0 Å². The molecule has 6 aromatic rings. The van der Waals surface area contributed by atoms with Crippen LogP contribution in [-0.2, 0) is 0 Å². The lowest BCUT2D eigenvalue weighted by Crippen LogP contribution is -2.23. The molecule has 164 valence electrons. The molecule has 0 aliphatic heterocycles. The van der Waals surface area contributed by atoms with Crippen molar-refractivity contribution in [1.29, 1.82) is 0 Å². The zero-order valence-corrected chi connectivity index (χ0v) is 19.4. The molecule has 0 radical (unpaired) electrons. The average Bonchev–Trinajstić information content (AvgIpc) is 3.66. The summed E-state index contributed by atoms with van der Waals surface area (Å²) in [6, 6.07) is 23.9. The second-order valence-corrected chi connectivity index (χ2v) is 9.50. The number of aromatic nitrogens is 5. The van der Waals surface area contributed by atoms with Crippen molar-refractivity contribution in [3.63, 3.8) is 0 Å². The molecule has 6 rings (SSSR count). The number of para-hydroxylation sites is 1. The maximum absolute atomic E-state index is 13.1. The van der Waals surface area contributed by atoms with E-state index in [4.69, 9.17) is 5.10 Å². The Morgan fingerprint density at radius 2 is 1.65 bits per heavy atom. The van der Waals surface area contributed by atoms with Crippen molar-refractivity contribution in [1.82, 2.24) is 24.4 Å². The number of hydrogen-bond acceptors (Lipinski definition) is 6. The first-order valence-electron chi connectivity index (χ1n) is 10.6. The average molecular weight is 480 g/mol. The van der Waals surface area contributed by atoms with Crippen LogP contribution in [0.15, 0.2) is 89.2 Å². The molecule has 0 atom stereocenters. The van der Waals surface area contributed by atoms with Crippen LogP contribution in [0.1, 0.15) is 16.3 Å². The maximum Gasteiger partial charge on any atom is 0.291 e. The topological polar surface area (TPSA) is 65.1 Å². The Labute approximate surface area is 202 Å². The number of thiophene rings is 1. The standard InChI is InChI=1S/C26H17N5OS2/c32-25-22(34-26-27-23(28-31(25)26)14-13-21-12-7-15-33-21)16-19-17-30(20-10-5-2-6-11-20)29-24(19)18-8-3-1-4-9-18/h1-17H/b14-13+,22-16-. The van der Waals surface area contributed by atoms with E-state index in [1.165, 1.54) is 15.9 Å². The fraction of sp³-hybridized carbons (Fsp3) is 0. The van der Waals surface area contributed by atoms with Crippen LogP contribution >= 0.6 is 22.7 Å². The molecule has 6 nitrogen and oxygen atoms in total. The zero-order chi connectivity index (χ0) is 22.9. The van der Waals surface area contributed by atoms with Gasteiger partial charge in [-0.2, -0.15) is 14.6 Å². The van der Waals surface area contributed by atoms with E-state index in [2.05, 4.69) is 10.1 Å². The third-order valence-electron chi connectivity index (χ3n) is 5.24. The summed E-state index contributed by atoms with van der Waals surface area (Å²) < 4.78 is 3.77. The van der Waals surface area contributed by atoms with Gasteiger partial charge in [0.05, 0.1) is 15.9 Å². The van der Waals surface area contributed by atoms with Crippen molar-refractivity contribution in [2.75, 3.05) is 0 Å². The Balaban J connectivity index is 1.44. The molecule has 8 heteroatoms. The highest BCUT2D eigenvalue weighted by Crippen LogP contribution is 2.24. The van der Waals surface area contributed by atoms with E-state index in [0.29, 0.717) is 15.3 Å². The largest absolute Gasteiger partial charge is 0.291 e. The van der Waals surface area contributed by atoms with Gasteiger partial charge in [0.1, 0.15) is 0 Å². The summed E-state index contributed by atoms with van der Waals surface area (Å²) in [6.45, 7) is 0. The Morgan fingerprint density at radius 3 is 2.38 bits per heavy atom. The second kappa shape index (κ2) is 8.66. The normalized spacial score (nSPS) is 12.3. The van der Waals surface area contributed by atoms with E-state index in [0.717, 1.165) is 27.4 Å². The monoisotopic (exact) mass is 479 g/mol. The molecule has 0 aliphatic carbocycles. The van der Waals surface area contributed by atoms with E-state index in [1.54, 1.807) is 11.3 Å². The molecule has 0 saturated carbocycles. The van der Waals surface area contributed by atoms with Gasteiger partial charge in [-0.25, -0.2) is 4.68 Å². The van der Waals surface area contributed by atoms with Gasteiger partial charge in [0.25, 0.3) is 5.56 Å². The van der Waals surface area contributed by atoms with Gasteiger partial charge in [-0.15, -0.1) is 16.4 Å². The fourth-order valence-electron chi connectivity index (χ4n) is 3.63. The van der Waals surface area contributed by atoms with E-state index in [9.17, 15) is 4.79 Å². The Bertz CT molecular complexity index is 1710. The molecule has 34 heavy (non-hydrogen) atoms. The van der Waals surface area contributed by atoms with E-state index in [-0.39, 0.29) is 5.56 Å². The number of rotatable bonds is 5. The number of fused-ring (bicyclic) bond motifs is 1. The summed E-state index contributed by atoms with van der Waals surface area (Å²) in [6.07, 6.45) is 7.60.